The maximum absolute atomic E-state index is 12.9. The zero-order chi connectivity index (χ0) is 17.2. The van der Waals surface area contributed by atoms with Crippen molar-refractivity contribution < 1.29 is 4.79 Å². The molecule has 2 fully saturated rings. The summed E-state index contributed by atoms with van der Waals surface area (Å²) in [6.07, 6.45) is 9.20. The van der Waals surface area contributed by atoms with Crippen LogP contribution in [0.4, 0.5) is 5.82 Å². The van der Waals surface area contributed by atoms with E-state index in [1.54, 1.807) is 11.8 Å². The number of thioether (sulfide) groups is 1. The molecule has 2 aliphatic heterocycles. The first-order valence-corrected chi connectivity index (χ1v) is 11.2. The number of hydrogen-bond acceptors (Lipinski definition) is 6. The van der Waals surface area contributed by atoms with Crippen LogP contribution in [-0.2, 0) is 0 Å². The third-order valence-electron chi connectivity index (χ3n) is 5.04. The second kappa shape index (κ2) is 7.50. The number of carbonyl (C=O) groups is 1. The lowest BCUT2D eigenvalue weighted by atomic mass is 10.1. The number of hydrogen-bond donors (Lipinski definition) is 0. The Morgan fingerprint density at radius 2 is 1.72 bits per heavy atom. The van der Waals surface area contributed by atoms with E-state index >= 15 is 0 Å². The molecule has 2 aromatic rings. The zero-order valence-electron chi connectivity index (χ0n) is 14.7. The van der Waals surface area contributed by atoms with Crippen molar-refractivity contribution in [3.8, 4) is 0 Å². The summed E-state index contributed by atoms with van der Waals surface area (Å²) in [4.78, 5) is 28.5. The van der Waals surface area contributed by atoms with Crippen molar-refractivity contribution >= 4 is 45.0 Å². The first-order chi connectivity index (χ1) is 12.3. The summed E-state index contributed by atoms with van der Waals surface area (Å²) >= 11 is 3.09. The molecule has 7 heteroatoms. The van der Waals surface area contributed by atoms with E-state index in [0.29, 0.717) is 0 Å². The molecule has 4 rings (SSSR count). The minimum atomic E-state index is 0.165. The lowest BCUT2D eigenvalue weighted by Gasteiger charge is -2.28. The standard InChI is InChI=1S/C18H24N4OS2/c1-24-18-19-15(21-8-4-2-5-9-21)13-12-14(25-16(13)20-18)17(23)22-10-6-3-7-11-22/h12H,2-11H2,1H3. The van der Waals surface area contributed by atoms with Gasteiger partial charge in [-0.25, -0.2) is 9.97 Å². The van der Waals surface area contributed by atoms with E-state index in [1.807, 2.05) is 17.2 Å². The Labute approximate surface area is 156 Å². The van der Waals surface area contributed by atoms with Gasteiger partial charge in [0.2, 0.25) is 0 Å². The van der Waals surface area contributed by atoms with Crippen LogP contribution >= 0.6 is 23.1 Å². The maximum atomic E-state index is 12.9. The van der Waals surface area contributed by atoms with Crippen LogP contribution in [0.15, 0.2) is 11.2 Å². The minimum Gasteiger partial charge on any atom is -0.356 e. The van der Waals surface area contributed by atoms with Gasteiger partial charge in [-0.3, -0.25) is 4.79 Å². The van der Waals surface area contributed by atoms with Crippen molar-refractivity contribution in [2.24, 2.45) is 0 Å². The quantitative estimate of drug-likeness (QED) is 0.598. The molecule has 0 atom stereocenters. The number of amides is 1. The highest BCUT2D eigenvalue weighted by Gasteiger charge is 2.24. The number of aromatic nitrogens is 2. The summed E-state index contributed by atoms with van der Waals surface area (Å²) in [5, 5.41) is 1.84. The second-order valence-electron chi connectivity index (χ2n) is 6.76. The van der Waals surface area contributed by atoms with E-state index in [4.69, 9.17) is 4.98 Å². The molecule has 0 aliphatic carbocycles. The smallest absolute Gasteiger partial charge is 0.264 e. The highest BCUT2D eigenvalue weighted by molar-refractivity contribution is 7.98. The number of nitrogens with zero attached hydrogens (tertiary/aromatic N) is 4. The number of piperidine rings is 2. The van der Waals surface area contributed by atoms with E-state index in [0.717, 1.165) is 65.1 Å². The van der Waals surface area contributed by atoms with Gasteiger partial charge in [0.15, 0.2) is 5.16 Å². The summed E-state index contributed by atoms with van der Waals surface area (Å²) < 4.78 is 0. The number of anilines is 1. The fourth-order valence-corrected chi connectivity index (χ4v) is 5.10. The Kier molecular flexibility index (Phi) is 5.12. The molecule has 134 valence electrons. The molecule has 25 heavy (non-hydrogen) atoms. The van der Waals surface area contributed by atoms with Crippen molar-refractivity contribution in [2.45, 2.75) is 43.7 Å². The van der Waals surface area contributed by atoms with Crippen LogP contribution in [-0.4, -0.2) is 53.2 Å². The van der Waals surface area contributed by atoms with Crippen LogP contribution in [0, 0.1) is 0 Å². The Balaban J connectivity index is 1.71. The van der Waals surface area contributed by atoms with Gasteiger partial charge >= 0.3 is 0 Å². The molecule has 0 saturated carbocycles. The van der Waals surface area contributed by atoms with Gasteiger partial charge in [-0.1, -0.05) is 11.8 Å². The van der Waals surface area contributed by atoms with Gasteiger partial charge in [-0.15, -0.1) is 11.3 Å². The molecular weight excluding hydrogens is 352 g/mol. The SMILES string of the molecule is CSc1nc(N2CCCCC2)c2cc(C(=O)N3CCCCC3)sc2n1. The number of carbonyl (C=O) groups excluding carboxylic acids is 1. The number of thiophene rings is 1. The summed E-state index contributed by atoms with van der Waals surface area (Å²) in [6.45, 7) is 3.86. The molecule has 0 aromatic carbocycles. The van der Waals surface area contributed by atoms with Gasteiger partial charge in [0, 0.05) is 26.2 Å². The Hall–Kier alpha value is -1.34. The van der Waals surface area contributed by atoms with Crippen molar-refractivity contribution in [2.75, 3.05) is 37.3 Å². The fraction of sp³-hybridized carbons (Fsp3) is 0.611. The summed E-state index contributed by atoms with van der Waals surface area (Å²) in [7, 11) is 0. The highest BCUT2D eigenvalue weighted by atomic mass is 32.2. The fourth-order valence-electron chi connectivity index (χ4n) is 3.68. The van der Waals surface area contributed by atoms with Gasteiger partial charge in [0.25, 0.3) is 5.91 Å². The van der Waals surface area contributed by atoms with Crippen molar-refractivity contribution in [1.82, 2.24) is 14.9 Å². The normalized spacial score (nSPS) is 18.8. The molecular formula is C18H24N4OS2. The number of fused-ring (bicyclic) bond motifs is 1. The van der Waals surface area contributed by atoms with Crippen LogP contribution in [0.2, 0.25) is 0 Å². The average Bonchev–Trinajstić information content (AvgIpc) is 3.12. The lowest BCUT2D eigenvalue weighted by molar-refractivity contribution is 0.0729. The number of likely N-dealkylation sites (tertiary alicyclic amines) is 1. The van der Waals surface area contributed by atoms with Crippen molar-refractivity contribution in [1.29, 1.82) is 0 Å². The first-order valence-electron chi connectivity index (χ1n) is 9.16. The van der Waals surface area contributed by atoms with E-state index in [-0.39, 0.29) is 5.91 Å². The van der Waals surface area contributed by atoms with Crippen molar-refractivity contribution in [3.05, 3.63) is 10.9 Å². The molecule has 2 aromatic heterocycles. The predicted molar refractivity (Wildman–Crippen MR) is 105 cm³/mol. The molecule has 1 amide bonds. The lowest BCUT2D eigenvalue weighted by Crippen LogP contribution is -2.35. The van der Waals surface area contributed by atoms with Crippen LogP contribution in [0.5, 0.6) is 0 Å². The van der Waals surface area contributed by atoms with Gasteiger partial charge in [0.1, 0.15) is 10.6 Å². The van der Waals surface area contributed by atoms with E-state index in [9.17, 15) is 4.79 Å². The van der Waals surface area contributed by atoms with Crippen LogP contribution in [0.1, 0.15) is 48.2 Å². The van der Waals surface area contributed by atoms with E-state index in [1.165, 1.54) is 37.0 Å². The second-order valence-corrected chi connectivity index (χ2v) is 8.57. The molecule has 0 spiro atoms. The van der Waals surface area contributed by atoms with E-state index in [2.05, 4.69) is 9.88 Å². The predicted octanol–water partition coefficient (Wildman–Crippen LogP) is 4.03. The average molecular weight is 377 g/mol. The molecule has 0 N–H and O–H groups in total. The Morgan fingerprint density at radius 1 is 1.04 bits per heavy atom. The van der Waals surface area contributed by atoms with Gasteiger partial charge in [-0.2, -0.15) is 0 Å². The molecule has 5 nitrogen and oxygen atoms in total. The molecule has 0 radical (unpaired) electrons. The van der Waals surface area contributed by atoms with E-state index < -0.39 is 0 Å². The van der Waals surface area contributed by atoms with Crippen LogP contribution in [0.25, 0.3) is 10.2 Å². The molecule has 0 unspecified atom stereocenters. The molecule has 4 heterocycles. The highest BCUT2D eigenvalue weighted by Crippen LogP contribution is 2.34. The molecule has 2 saturated heterocycles. The maximum Gasteiger partial charge on any atom is 0.264 e. The Morgan fingerprint density at radius 3 is 2.40 bits per heavy atom. The van der Waals surface area contributed by atoms with Crippen LogP contribution in [0.3, 0.4) is 0 Å². The summed E-state index contributed by atoms with van der Waals surface area (Å²) in [5.74, 6) is 1.18. The van der Waals surface area contributed by atoms with Gasteiger partial charge < -0.3 is 9.80 Å². The monoisotopic (exact) mass is 376 g/mol. The third-order valence-corrected chi connectivity index (χ3v) is 6.61. The third kappa shape index (κ3) is 3.49. The minimum absolute atomic E-state index is 0.165. The van der Waals surface area contributed by atoms with Crippen LogP contribution < -0.4 is 4.90 Å². The Bertz CT molecular complexity index is 764. The largest absolute Gasteiger partial charge is 0.356 e. The number of rotatable bonds is 3. The molecule has 2 aliphatic rings. The summed E-state index contributed by atoms with van der Waals surface area (Å²) in [5.41, 5.74) is 0. The topological polar surface area (TPSA) is 49.3 Å². The zero-order valence-corrected chi connectivity index (χ0v) is 16.3. The van der Waals surface area contributed by atoms with Crippen molar-refractivity contribution in [3.63, 3.8) is 0 Å². The van der Waals surface area contributed by atoms with Gasteiger partial charge in [0.05, 0.1) is 10.3 Å². The molecule has 0 bridgehead atoms. The first kappa shape index (κ1) is 17.1. The van der Waals surface area contributed by atoms with Gasteiger partial charge in [-0.05, 0) is 50.8 Å². The summed E-state index contributed by atoms with van der Waals surface area (Å²) in [6, 6.07) is 2.03.